The maximum Gasteiger partial charge on any atom is 0.240 e. The fraction of sp³-hybridized carbons (Fsp3) is 0.625. The summed E-state index contributed by atoms with van der Waals surface area (Å²) in [5.41, 5.74) is 0. The number of hydrogen-bond acceptors (Lipinski definition) is 3. The van der Waals surface area contributed by atoms with E-state index in [2.05, 4.69) is 4.72 Å². The molecule has 0 saturated heterocycles. The van der Waals surface area contributed by atoms with Gasteiger partial charge in [-0.2, -0.15) is 0 Å². The molecule has 22 heavy (non-hydrogen) atoms. The van der Waals surface area contributed by atoms with Gasteiger partial charge in [0.15, 0.2) is 0 Å². The number of benzene rings is 1. The fourth-order valence-electron chi connectivity index (χ4n) is 2.20. The van der Waals surface area contributed by atoms with Gasteiger partial charge in [-0.15, -0.1) is 0 Å². The van der Waals surface area contributed by atoms with E-state index in [1.165, 1.54) is 12.1 Å². The van der Waals surface area contributed by atoms with E-state index < -0.39 is 28.3 Å². The molecule has 1 rings (SSSR count). The Hall–Kier alpha value is -0.980. The summed E-state index contributed by atoms with van der Waals surface area (Å²) in [4.78, 5) is 0.171. The van der Waals surface area contributed by atoms with Crippen LogP contribution in [0.5, 0.6) is 0 Å². The lowest BCUT2D eigenvalue weighted by atomic mass is 9.93. The fourth-order valence-corrected chi connectivity index (χ4v) is 3.58. The van der Waals surface area contributed by atoms with Crippen molar-refractivity contribution >= 4 is 10.0 Å². The highest BCUT2D eigenvalue weighted by Gasteiger charge is 2.27. The summed E-state index contributed by atoms with van der Waals surface area (Å²) in [6.07, 6.45) is -0.600. The van der Waals surface area contributed by atoms with Crippen molar-refractivity contribution in [3.63, 3.8) is 0 Å². The van der Waals surface area contributed by atoms with E-state index in [1.807, 2.05) is 0 Å². The molecule has 1 aromatic rings. The highest BCUT2D eigenvalue weighted by molar-refractivity contribution is 7.89. The van der Waals surface area contributed by atoms with Crippen molar-refractivity contribution in [3.05, 3.63) is 30.3 Å². The highest BCUT2D eigenvalue weighted by Crippen LogP contribution is 2.19. The van der Waals surface area contributed by atoms with Crippen LogP contribution in [0.3, 0.4) is 0 Å². The third-order valence-corrected chi connectivity index (χ3v) is 5.50. The van der Waals surface area contributed by atoms with Crippen molar-refractivity contribution in [2.24, 2.45) is 5.92 Å². The Morgan fingerprint density at radius 2 is 1.77 bits per heavy atom. The summed E-state index contributed by atoms with van der Waals surface area (Å²) < 4.78 is 40.9. The maximum absolute atomic E-state index is 13.5. The van der Waals surface area contributed by atoms with Crippen molar-refractivity contribution in [2.75, 3.05) is 0 Å². The summed E-state index contributed by atoms with van der Waals surface area (Å²) in [5, 5.41) is 9.75. The van der Waals surface area contributed by atoms with Crippen molar-refractivity contribution in [2.45, 2.75) is 63.2 Å². The Kier molecular flexibility index (Phi) is 7.45. The Morgan fingerprint density at radius 3 is 2.27 bits per heavy atom. The van der Waals surface area contributed by atoms with Gasteiger partial charge >= 0.3 is 0 Å². The average Bonchev–Trinajstić information content (AvgIpc) is 2.50. The Balaban J connectivity index is 2.87. The first kappa shape index (κ1) is 19.1. The van der Waals surface area contributed by atoms with Gasteiger partial charge in [-0.25, -0.2) is 17.5 Å². The molecule has 4 nitrogen and oxygen atoms in total. The topological polar surface area (TPSA) is 66.4 Å². The molecule has 0 spiro atoms. The summed E-state index contributed by atoms with van der Waals surface area (Å²) in [6, 6.07) is 7.55. The van der Waals surface area contributed by atoms with Crippen LogP contribution in [0.4, 0.5) is 4.39 Å². The molecule has 0 aliphatic heterocycles. The summed E-state index contributed by atoms with van der Waals surface area (Å²) in [6.45, 7) is 5.13. The standard InChI is InChI=1S/C16H26FNO3S/c1-4-14(17)10-11-16(12(2)13(3)19)18-22(20,21)15-8-6-5-7-9-15/h5-9,12-14,16,18-19H,4,10-11H2,1-3H3/t12-,13+,14?,16?/m1/s1. The van der Waals surface area contributed by atoms with Crippen LogP contribution in [-0.2, 0) is 10.0 Å². The lowest BCUT2D eigenvalue weighted by Crippen LogP contribution is -2.43. The first-order valence-corrected chi connectivity index (χ1v) is 9.15. The molecule has 0 aromatic heterocycles. The van der Waals surface area contributed by atoms with Crippen LogP contribution in [0.25, 0.3) is 0 Å². The van der Waals surface area contributed by atoms with Crippen LogP contribution in [0.1, 0.15) is 40.0 Å². The van der Waals surface area contributed by atoms with Crippen molar-refractivity contribution < 1.29 is 17.9 Å². The number of halogens is 1. The third kappa shape index (κ3) is 5.66. The van der Waals surface area contributed by atoms with Crippen LogP contribution in [0.15, 0.2) is 35.2 Å². The number of nitrogens with one attached hydrogen (secondary N) is 1. The number of aliphatic hydroxyl groups is 1. The Labute approximate surface area is 132 Å². The van der Waals surface area contributed by atoms with E-state index in [4.69, 9.17) is 0 Å². The molecule has 0 radical (unpaired) electrons. The second kappa shape index (κ2) is 8.60. The van der Waals surface area contributed by atoms with E-state index in [9.17, 15) is 17.9 Å². The minimum Gasteiger partial charge on any atom is -0.393 e. The quantitative estimate of drug-likeness (QED) is 0.731. The summed E-state index contributed by atoms with van der Waals surface area (Å²) in [7, 11) is -3.68. The molecule has 2 unspecified atom stereocenters. The molecule has 1 aromatic carbocycles. The van der Waals surface area contributed by atoms with Gasteiger partial charge in [0.25, 0.3) is 0 Å². The second-order valence-electron chi connectivity index (χ2n) is 5.72. The molecular weight excluding hydrogens is 305 g/mol. The summed E-state index contributed by atoms with van der Waals surface area (Å²) >= 11 is 0. The van der Waals surface area contributed by atoms with Crippen LogP contribution >= 0.6 is 0 Å². The molecule has 126 valence electrons. The van der Waals surface area contributed by atoms with E-state index in [0.29, 0.717) is 12.8 Å². The monoisotopic (exact) mass is 331 g/mol. The molecule has 2 N–H and O–H groups in total. The smallest absolute Gasteiger partial charge is 0.240 e. The molecule has 4 atom stereocenters. The third-order valence-electron chi connectivity index (χ3n) is 3.99. The van der Waals surface area contributed by atoms with Crippen molar-refractivity contribution in [1.82, 2.24) is 4.72 Å². The molecule has 0 aliphatic rings. The Morgan fingerprint density at radius 1 is 1.18 bits per heavy atom. The van der Waals surface area contributed by atoms with Gasteiger partial charge in [0.2, 0.25) is 10.0 Å². The SMILES string of the molecule is CCC(F)CCC(NS(=O)(=O)c1ccccc1)[C@H](C)[C@H](C)O. The predicted molar refractivity (Wildman–Crippen MR) is 85.8 cm³/mol. The van der Waals surface area contributed by atoms with E-state index in [1.54, 1.807) is 39.0 Å². The largest absolute Gasteiger partial charge is 0.393 e. The average molecular weight is 331 g/mol. The Bertz CT molecular complexity index is 534. The van der Waals surface area contributed by atoms with E-state index in [-0.39, 0.29) is 17.2 Å². The zero-order chi connectivity index (χ0) is 16.8. The van der Waals surface area contributed by atoms with Gasteiger partial charge < -0.3 is 5.11 Å². The molecule has 0 heterocycles. The second-order valence-corrected chi connectivity index (χ2v) is 7.44. The molecule has 0 amide bonds. The first-order valence-electron chi connectivity index (χ1n) is 7.67. The number of rotatable bonds is 9. The normalized spacial score (nSPS) is 17.7. The predicted octanol–water partition coefficient (Wildman–Crippen LogP) is 2.88. The molecular formula is C16H26FNO3S. The van der Waals surface area contributed by atoms with Gasteiger partial charge in [-0.1, -0.05) is 32.0 Å². The first-order chi connectivity index (χ1) is 10.3. The maximum atomic E-state index is 13.5. The van der Waals surface area contributed by atoms with Gasteiger partial charge in [0, 0.05) is 6.04 Å². The van der Waals surface area contributed by atoms with Crippen LogP contribution in [0.2, 0.25) is 0 Å². The number of alkyl halides is 1. The van der Waals surface area contributed by atoms with E-state index in [0.717, 1.165) is 0 Å². The van der Waals surface area contributed by atoms with Crippen molar-refractivity contribution in [1.29, 1.82) is 0 Å². The van der Waals surface area contributed by atoms with Gasteiger partial charge in [0.05, 0.1) is 17.2 Å². The van der Waals surface area contributed by atoms with Crippen molar-refractivity contribution in [3.8, 4) is 0 Å². The highest BCUT2D eigenvalue weighted by atomic mass is 32.2. The van der Waals surface area contributed by atoms with Gasteiger partial charge in [-0.05, 0) is 44.2 Å². The molecule has 0 saturated carbocycles. The van der Waals surface area contributed by atoms with Crippen LogP contribution in [0, 0.1) is 5.92 Å². The number of sulfonamides is 1. The molecule has 0 aliphatic carbocycles. The molecule has 0 bridgehead atoms. The molecule has 6 heteroatoms. The van der Waals surface area contributed by atoms with Crippen LogP contribution < -0.4 is 4.72 Å². The summed E-state index contributed by atoms with van der Waals surface area (Å²) in [5.74, 6) is -0.303. The van der Waals surface area contributed by atoms with E-state index >= 15 is 0 Å². The minimum absolute atomic E-state index is 0.171. The molecule has 0 fully saturated rings. The lowest BCUT2D eigenvalue weighted by Gasteiger charge is -2.27. The van der Waals surface area contributed by atoms with Gasteiger partial charge in [0.1, 0.15) is 0 Å². The minimum atomic E-state index is -3.68. The lowest BCUT2D eigenvalue weighted by molar-refractivity contribution is 0.110. The zero-order valence-electron chi connectivity index (χ0n) is 13.4. The van der Waals surface area contributed by atoms with Gasteiger partial charge in [-0.3, -0.25) is 0 Å². The number of hydrogen-bond donors (Lipinski definition) is 2. The van der Waals surface area contributed by atoms with Crippen LogP contribution in [-0.4, -0.2) is 31.8 Å². The zero-order valence-corrected chi connectivity index (χ0v) is 14.2. The number of aliphatic hydroxyl groups excluding tert-OH is 1.